The molecule has 84 valence electrons. The first-order chi connectivity index (χ1) is 7.81. The molecule has 0 unspecified atom stereocenters. The van der Waals surface area contributed by atoms with Crippen LogP contribution >= 0.6 is 11.3 Å². The Labute approximate surface area is 96.1 Å². The number of carbonyl (C=O) groups excluding carboxylic acids is 1. The standard InChI is InChI=1S/C9H11N5OS/c1-2-6-3-4-16-7(6)5-10-9(15)8-11-13-14-12-8/h3-4H,2,5H2,1H3,(H,10,15)(H,11,12,13,14). The van der Waals surface area contributed by atoms with Gasteiger partial charge >= 0.3 is 0 Å². The van der Waals surface area contributed by atoms with Crippen LogP contribution in [0.2, 0.25) is 0 Å². The van der Waals surface area contributed by atoms with Crippen LogP contribution in [-0.4, -0.2) is 26.5 Å². The largest absolute Gasteiger partial charge is 0.344 e. The zero-order valence-electron chi connectivity index (χ0n) is 8.73. The van der Waals surface area contributed by atoms with E-state index in [9.17, 15) is 4.79 Å². The molecule has 6 nitrogen and oxygen atoms in total. The molecule has 2 aromatic heterocycles. The first kappa shape index (κ1) is 10.7. The van der Waals surface area contributed by atoms with Gasteiger partial charge < -0.3 is 5.32 Å². The average molecular weight is 237 g/mol. The van der Waals surface area contributed by atoms with Crippen LogP contribution in [0.4, 0.5) is 0 Å². The number of tetrazole rings is 1. The van der Waals surface area contributed by atoms with E-state index in [1.165, 1.54) is 10.4 Å². The fourth-order valence-electron chi connectivity index (χ4n) is 1.33. The molecular formula is C9H11N5OS. The van der Waals surface area contributed by atoms with Crippen LogP contribution in [-0.2, 0) is 13.0 Å². The van der Waals surface area contributed by atoms with Gasteiger partial charge in [-0.05, 0) is 28.6 Å². The molecule has 0 aliphatic rings. The minimum atomic E-state index is -0.316. The number of H-pyrrole nitrogens is 1. The number of amides is 1. The third-order valence-electron chi connectivity index (χ3n) is 2.18. The summed E-state index contributed by atoms with van der Waals surface area (Å²) in [7, 11) is 0. The Balaban J connectivity index is 1.95. The van der Waals surface area contributed by atoms with Gasteiger partial charge in [-0.25, -0.2) is 0 Å². The lowest BCUT2D eigenvalue weighted by Crippen LogP contribution is -2.24. The Morgan fingerprint density at radius 3 is 3.19 bits per heavy atom. The van der Waals surface area contributed by atoms with Crippen LogP contribution < -0.4 is 5.32 Å². The molecule has 0 saturated heterocycles. The van der Waals surface area contributed by atoms with E-state index in [1.54, 1.807) is 11.3 Å². The number of hydrogen-bond donors (Lipinski definition) is 2. The van der Waals surface area contributed by atoms with Gasteiger partial charge in [0.05, 0.1) is 6.54 Å². The molecule has 0 aliphatic carbocycles. The topological polar surface area (TPSA) is 83.6 Å². The predicted molar refractivity (Wildman–Crippen MR) is 59.0 cm³/mol. The smallest absolute Gasteiger partial charge is 0.293 e. The summed E-state index contributed by atoms with van der Waals surface area (Å²) in [6, 6.07) is 2.07. The molecule has 0 bridgehead atoms. The maximum atomic E-state index is 11.5. The molecule has 0 aromatic carbocycles. The third kappa shape index (κ3) is 2.25. The highest BCUT2D eigenvalue weighted by molar-refractivity contribution is 7.10. The van der Waals surface area contributed by atoms with Crippen molar-refractivity contribution in [3.05, 3.63) is 27.7 Å². The number of aromatic nitrogens is 4. The summed E-state index contributed by atoms with van der Waals surface area (Å²) in [5, 5.41) is 17.5. The molecule has 7 heteroatoms. The Bertz CT molecular complexity index is 464. The van der Waals surface area contributed by atoms with Crippen molar-refractivity contribution in [1.29, 1.82) is 0 Å². The van der Waals surface area contributed by atoms with Crippen molar-refractivity contribution in [3.8, 4) is 0 Å². The number of nitrogens with zero attached hydrogens (tertiary/aromatic N) is 3. The molecule has 2 rings (SSSR count). The van der Waals surface area contributed by atoms with Gasteiger partial charge in [0, 0.05) is 4.88 Å². The van der Waals surface area contributed by atoms with E-state index in [4.69, 9.17) is 0 Å². The second kappa shape index (κ2) is 4.84. The molecule has 0 saturated carbocycles. The Morgan fingerprint density at radius 2 is 2.50 bits per heavy atom. The van der Waals surface area contributed by atoms with Gasteiger partial charge in [-0.2, -0.15) is 5.21 Å². The summed E-state index contributed by atoms with van der Waals surface area (Å²) in [6.45, 7) is 2.60. The molecule has 0 spiro atoms. The van der Waals surface area contributed by atoms with Crippen LogP contribution in [0.15, 0.2) is 11.4 Å². The molecule has 16 heavy (non-hydrogen) atoms. The number of hydrogen-bond acceptors (Lipinski definition) is 5. The normalized spacial score (nSPS) is 10.3. The summed E-state index contributed by atoms with van der Waals surface area (Å²) < 4.78 is 0. The SMILES string of the molecule is CCc1ccsc1CNC(=O)c1nn[nH]n1. The van der Waals surface area contributed by atoms with E-state index in [1.807, 2.05) is 5.38 Å². The minimum Gasteiger partial charge on any atom is -0.344 e. The van der Waals surface area contributed by atoms with Crippen molar-refractivity contribution >= 4 is 17.2 Å². The summed E-state index contributed by atoms with van der Waals surface area (Å²) >= 11 is 1.63. The lowest BCUT2D eigenvalue weighted by molar-refractivity contribution is 0.0941. The fraction of sp³-hybridized carbons (Fsp3) is 0.333. The number of aryl methyl sites for hydroxylation is 1. The Morgan fingerprint density at radius 1 is 1.62 bits per heavy atom. The lowest BCUT2D eigenvalue weighted by Gasteiger charge is -2.02. The van der Waals surface area contributed by atoms with Crippen molar-refractivity contribution in [1.82, 2.24) is 25.9 Å². The van der Waals surface area contributed by atoms with Gasteiger partial charge in [0.2, 0.25) is 0 Å². The summed E-state index contributed by atoms with van der Waals surface area (Å²) in [6.07, 6.45) is 0.969. The van der Waals surface area contributed by atoms with E-state index in [0.717, 1.165) is 6.42 Å². The number of nitrogens with one attached hydrogen (secondary N) is 2. The van der Waals surface area contributed by atoms with Crippen LogP contribution in [0.25, 0.3) is 0 Å². The second-order valence-electron chi connectivity index (χ2n) is 3.14. The van der Waals surface area contributed by atoms with E-state index in [-0.39, 0.29) is 11.7 Å². The van der Waals surface area contributed by atoms with Crippen molar-refractivity contribution in [2.75, 3.05) is 0 Å². The zero-order valence-corrected chi connectivity index (χ0v) is 9.54. The molecule has 0 atom stereocenters. The van der Waals surface area contributed by atoms with Crippen molar-refractivity contribution < 1.29 is 4.79 Å². The molecule has 0 fully saturated rings. The van der Waals surface area contributed by atoms with E-state index >= 15 is 0 Å². The van der Waals surface area contributed by atoms with Crippen LogP contribution in [0, 0.1) is 0 Å². The van der Waals surface area contributed by atoms with Crippen molar-refractivity contribution in [2.24, 2.45) is 0 Å². The van der Waals surface area contributed by atoms with Gasteiger partial charge in [-0.3, -0.25) is 4.79 Å². The van der Waals surface area contributed by atoms with Gasteiger partial charge in [0.25, 0.3) is 11.7 Å². The quantitative estimate of drug-likeness (QED) is 0.822. The number of aromatic amines is 1. The summed E-state index contributed by atoms with van der Waals surface area (Å²) in [5.41, 5.74) is 1.26. The minimum absolute atomic E-state index is 0.0644. The molecule has 2 heterocycles. The summed E-state index contributed by atoms with van der Waals surface area (Å²) in [5.74, 6) is -0.251. The maximum Gasteiger partial charge on any atom is 0.293 e. The molecular weight excluding hydrogens is 226 g/mol. The van der Waals surface area contributed by atoms with Crippen LogP contribution in [0.5, 0.6) is 0 Å². The Kier molecular flexibility index (Phi) is 3.25. The molecule has 1 amide bonds. The van der Waals surface area contributed by atoms with E-state index < -0.39 is 0 Å². The highest BCUT2D eigenvalue weighted by Crippen LogP contribution is 2.16. The third-order valence-corrected chi connectivity index (χ3v) is 3.14. The first-order valence-electron chi connectivity index (χ1n) is 4.88. The van der Waals surface area contributed by atoms with Gasteiger partial charge in [0.15, 0.2) is 0 Å². The van der Waals surface area contributed by atoms with Crippen molar-refractivity contribution in [2.45, 2.75) is 19.9 Å². The van der Waals surface area contributed by atoms with Gasteiger partial charge in [-0.1, -0.05) is 6.92 Å². The monoisotopic (exact) mass is 237 g/mol. The summed E-state index contributed by atoms with van der Waals surface area (Å²) in [4.78, 5) is 12.7. The second-order valence-corrected chi connectivity index (χ2v) is 4.14. The van der Waals surface area contributed by atoms with Crippen molar-refractivity contribution in [3.63, 3.8) is 0 Å². The van der Waals surface area contributed by atoms with Crippen LogP contribution in [0.1, 0.15) is 28.0 Å². The maximum absolute atomic E-state index is 11.5. The molecule has 0 radical (unpaired) electrons. The van der Waals surface area contributed by atoms with Gasteiger partial charge in [0.1, 0.15) is 0 Å². The Hall–Kier alpha value is -1.76. The number of carbonyl (C=O) groups is 1. The molecule has 2 N–H and O–H groups in total. The van der Waals surface area contributed by atoms with E-state index in [2.05, 4.69) is 38.9 Å². The van der Waals surface area contributed by atoms with Gasteiger partial charge in [-0.15, -0.1) is 21.5 Å². The molecule has 2 aromatic rings. The zero-order chi connectivity index (χ0) is 11.4. The number of thiophene rings is 1. The highest BCUT2D eigenvalue weighted by Gasteiger charge is 2.11. The fourth-order valence-corrected chi connectivity index (χ4v) is 2.25. The van der Waals surface area contributed by atoms with E-state index in [0.29, 0.717) is 6.54 Å². The van der Waals surface area contributed by atoms with Crippen LogP contribution in [0.3, 0.4) is 0 Å². The first-order valence-corrected chi connectivity index (χ1v) is 5.76. The average Bonchev–Trinajstić information content (AvgIpc) is 2.96. The number of rotatable bonds is 4. The molecule has 0 aliphatic heterocycles. The highest BCUT2D eigenvalue weighted by atomic mass is 32.1. The lowest BCUT2D eigenvalue weighted by atomic mass is 10.2. The predicted octanol–water partition coefficient (Wildman–Crippen LogP) is 0.754.